The van der Waals surface area contributed by atoms with Gasteiger partial charge in [-0.05, 0) is 44.4 Å². The number of carbonyl (C=O) groups is 2. The van der Waals surface area contributed by atoms with Gasteiger partial charge < -0.3 is 20.4 Å². The Labute approximate surface area is 176 Å². The highest BCUT2D eigenvalue weighted by atomic mass is 16.2. The van der Waals surface area contributed by atoms with Crippen molar-refractivity contribution in [3.8, 4) is 0 Å². The molecule has 2 fully saturated rings. The molecule has 0 aromatic rings. The summed E-state index contributed by atoms with van der Waals surface area (Å²) in [6.45, 7) is 11.6. The van der Waals surface area contributed by atoms with E-state index in [2.05, 4.69) is 36.4 Å². The number of hydrogen-bond acceptors (Lipinski definition) is 3. The Balaban J connectivity index is 1.53. The lowest BCUT2D eigenvalue weighted by molar-refractivity contribution is -0.140. The maximum atomic E-state index is 12.4. The van der Waals surface area contributed by atoms with E-state index in [9.17, 15) is 9.59 Å². The second-order valence-electron chi connectivity index (χ2n) is 8.76. The van der Waals surface area contributed by atoms with Crippen LogP contribution in [0.15, 0.2) is 4.99 Å². The topological polar surface area (TPSA) is 77.0 Å². The molecular weight excluding hydrogens is 366 g/mol. The molecule has 0 aromatic carbocycles. The lowest BCUT2D eigenvalue weighted by atomic mass is 10.1. The van der Waals surface area contributed by atoms with Gasteiger partial charge in [0.15, 0.2) is 5.96 Å². The Kier molecular flexibility index (Phi) is 10.3. The summed E-state index contributed by atoms with van der Waals surface area (Å²) in [4.78, 5) is 33.0. The normalized spacial score (nSPS) is 17.6. The number of nitrogens with zero attached hydrogens (tertiary/aromatic N) is 3. The van der Waals surface area contributed by atoms with E-state index in [0.717, 1.165) is 50.8 Å². The van der Waals surface area contributed by atoms with Crippen molar-refractivity contribution in [1.82, 2.24) is 20.4 Å². The molecule has 7 heteroatoms. The third-order valence-electron chi connectivity index (χ3n) is 5.48. The molecule has 2 aliphatic rings. The Hall–Kier alpha value is -1.79. The minimum atomic E-state index is 0.220. The Morgan fingerprint density at radius 1 is 0.966 bits per heavy atom. The van der Waals surface area contributed by atoms with Gasteiger partial charge in [-0.15, -0.1) is 0 Å². The molecule has 1 heterocycles. The quantitative estimate of drug-likeness (QED) is 0.313. The van der Waals surface area contributed by atoms with Gasteiger partial charge in [0.2, 0.25) is 11.8 Å². The molecule has 0 radical (unpaired) electrons. The van der Waals surface area contributed by atoms with E-state index >= 15 is 0 Å². The fraction of sp³-hybridized carbons (Fsp3) is 0.864. The highest BCUT2D eigenvalue weighted by Crippen LogP contribution is 2.28. The molecule has 0 aromatic heterocycles. The maximum Gasteiger partial charge on any atom is 0.222 e. The fourth-order valence-electron chi connectivity index (χ4n) is 3.49. The minimum Gasteiger partial charge on any atom is -0.357 e. The molecule has 2 amide bonds. The number of rotatable bonds is 11. The number of carbonyl (C=O) groups excluding carboxylic acids is 2. The molecule has 7 nitrogen and oxygen atoms in total. The molecule has 2 N–H and O–H groups in total. The number of nitrogens with one attached hydrogen (secondary N) is 2. The van der Waals surface area contributed by atoms with E-state index in [4.69, 9.17) is 0 Å². The highest BCUT2D eigenvalue weighted by Gasteiger charge is 2.24. The van der Waals surface area contributed by atoms with Crippen molar-refractivity contribution in [2.45, 2.75) is 65.7 Å². The second kappa shape index (κ2) is 12.7. The first-order valence-corrected chi connectivity index (χ1v) is 11.6. The van der Waals surface area contributed by atoms with E-state index in [-0.39, 0.29) is 11.8 Å². The first kappa shape index (κ1) is 23.5. The molecule has 2 rings (SSSR count). The van der Waals surface area contributed by atoms with Gasteiger partial charge in [0, 0.05) is 58.7 Å². The smallest absolute Gasteiger partial charge is 0.222 e. The van der Waals surface area contributed by atoms with Crippen LogP contribution in [0.25, 0.3) is 0 Å². The van der Waals surface area contributed by atoms with Crippen LogP contribution >= 0.6 is 0 Å². The number of hydrogen-bond donors (Lipinski definition) is 2. The zero-order valence-electron chi connectivity index (χ0n) is 18.7. The number of unbranched alkanes of at least 4 members (excludes halogenated alkanes) is 2. The Morgan fingerprint density at radius 3 is 2.21 bits per heavy atom. The number of aliphatic imine (C=N–C) groups is 1. The SMILES string of the molecule is CCNC(=NCC1CC1)NCCCCCC(=O)N1CCN(C(=O)CC(C)C)CC1. The van der Waals surface area contributed by atoms with Crippen LogP contribution in [0.1, 0.15) is 65.7 Å². The van der Waals surface area contributed by atoms with Crippen molar-refractivity contribution in [2.75, 3.05) is 45.8 Å². The van der Waals surface area contributed by atoms with Crippen LogP contribution in [0.4, 0.5) is 0 Å². The summed E-state index contributed by atoms with van der Waals surface area (Å²) < 4.78 is 0. The summed E-state index contributed by atoms with van der Waals surface area (Å²) in [7, 11) is 0. The van der Waals surface area contributed by atoms with E-state index in [1.165, 1.54) is 12.8 Å². The van der Waals surface area contributed by atoms with Gasteiger partial charge in [-0.1, -0.05) is 20.3 Å². The van der Waals surface area contributed by atoms with Crippen LogP contribution in [0.5, 0.6) is 0 Å². The molecule has 0 spiro atoms. The maximum absolute atomic E-state index is 12.4. The molecule has 1 saturated carbocycles. The van der Waals surface area contributed by atoms with Crippen molar-refractivity contribution in [3.05, 3.63) is 0 Å². The molecule has 1 aliphatic heterocycles. The summed E-state index contributed by atoms with van der Waals surface area (Å²) >= 11 is 0. The van der Waals surface area contributed by atoms with E-state index < -0.39 is 0 Å². The number of amides is 2. The summed E-state index contributed by atoms with van der Waals surface area (Å²) in [6.07, 6.45) is 6.84. The van der Waals surface area contributed by atoms with Gasteiger partial charge in [-0.3, -0.25) is 14.6 Å². The van der Waals surface area contributed by atoms with Crippen LogP contribution < -0.4 is 10.6 Å². The van der Waals surface area contributed by atoms with Crippen LogP contribution in [0.2, 0.25) is 0 Å². The average molecular weight is 408 g/mol. The zero-order chi connectivity index (χ0) is 21.1. The number of piperazine rings is 1. The fourth-order valence-corrected chi connectivity index (χ4v) is 3.49. The zero-order valence-corrected chi connectivity index (χ0v) is 18.7. The van der Waals surface area contributed by atoms with Crippen molar-refractivity contribution < 1.29 is 9.59 Å². The standard InChI is InChI=1S/C22H41N5O2/c1-4-23-22(25-17-19-9-10-19)24-11-7-5-6-8-20(28)26-12-14-27(15-13-26)21(29)16-18(2)3/h18-19H,4-17H2,1-3H3,(H2,23,24,25). The summed E-state index contributed by atoms with van der Waals surface area (Å²) in [5.74, 6) is 2.55. The minimum absolute atomic E-state index is 0.220. The van der Waals surface area contributed by atoms with Crippen molar-refractivity contribution in [2.24, 2.45) is 16.8 Å². The lowest BCUT2D eigenvalue weighted by Crippen LogP contribution is -2.50. The van der Waals surface area contributed by atoms with Gasteiger partial charge in [0.05, 0.1) is 0 Å². The van der Waals surface area contributed by atoms with Gasteiger partial charge in [0.25, 0.3) is 0 Å². The molecule has 0 unspecified atom stereocenters. The van der Waals surface area contributed by atoms with Gasteiger partial charge in [-0.25, -0.2) is 0 Å². The highest BCUT2D eigenvalue weighted by molar-refractivity contribution is 5.80. The Morgan fingerprint density at radius 2 is 1.62 bits per heavy atom. The van der Waals surface area contributed by atoms with Gasteiger partial charge >= 0.3 is 0 Å². The average Bonchev–Trinajstić information content (AvgIpc) is 3.52. The molecule has 0 atom stereocenters. The van der Waals surface area contributed by atoms with Crippen molar-refractivity contribution in [1.29, 1.82) is 0 Å². The summed E-state index contributed by atoms with van der Waals surface area (Å²) in [6, 6.07) is 0. The summed E-state index contributed by atoms with van der Waals surface area (Å²) in [5.41, 5.74) is 0. The monoisotopic (exact) mass is 407 g/mol. The molecule has 29 heavy (non-hydrogen) atoms. The van der Waals surface area contributed by atoms with E-state index in [1.807, 2.05) is 9.80 Å². The predicted molar refractivity (Wildman–Crippen MR) is 118 cm³/mol. The van der Waals surface area contributed by atoms with E-state index in [1.54, 1.807) is 0 Å². The molecule has 1 aliphatic carbocycles. The van der Waals surface area contributed by atoms with Crippen molar-refractivity contribution in [3.63, 3.8) is 0 Å². The first-order valence-electron chi connectivity index (χ1n) is 11.6. The lowest BCUT2D eigenvalue weighted by Gasteiger charge is -2.35. The van der Waals surface area contributed by atoms with Crippen molar-refractivity contribution >= 4 is 17.8 Å². The number of guanidine groups is 1. The second-order valence-corrected chi connectivity index (χ2v) is 8.76. The predicted octanol–water partition coefficient (Wildman–Crippen LogP) is 2.23. The molecule has 166 valence electrons. The third-order valence-corrected chi connectivity index (χ3v) is 5.48. The largest absolute Gasteiger partial charge is 0.357 e. The van der Waals surface area contributed by atoms with E-state index in [0.29, 0.717) is 44.9 Å². The summed E-state index contributed by atoms with van der Waals surface area (Å²) in [5, 5.41) is 6.68. The van der Waals surface area contributed by atoms with Crippen LogP contribution in [-0.4, -0.2) is 73.4 Å². The molecular formula is C22H41N5O2. The third kappa shape index (κ3) is 9.50. The van der Waals surface area contributed by atoms with Gasteiger partial charge in [0.1, 0.15) is 0 Å². The van der Waals surface area contributed by atoms with Gasteiger partial charge in [-0.2, -0.15) is 0 Å². The van der Waals surface area contributed by atoms with Crippen LogP contribution in [0, 0.1) is 11.8 Å². The molecule has 1 saturated heterocycles. The molecule has 0 bridgehead atoms. The van der Waals surface area contributed by atoms with Crippen LogP contribution in [0.3, 0.4) is 0 Å². The first-order chi connectivity index (χ1) is 14.0. The van der Waals surface area contributed by atoms with Crippen LogP contribution in [-0.2, 0) is 9.59 Å². The Bertz CT molecular complexity index is 537.